The molecule has 7 heteroatoms. The number of nitrogens with two attached hydrogens (primary N) is 1. The van der Waals surface area contributed by atoms with Gasteiger partial charge >= 0.3 is 0 Å². The largest absolute Gasteiger partial charge is 0.334 e. The summed E-state index contributed by atoms with van der Waals surface area (Å²) in [6, 6.07) is 0. The van der Waals surface area contributed by atoms with Crippen molar-refractivity contribution in [2.75, 3.05) is 6.54 Å². The van der Waals surface area contributed by atoms with Crippen molar-refractivity contribution in [3.63, 3.8) is 0 Å². The van der Waals surface area contributed by atoms with E-state index in [1.165, 1.54) is 0 Å². The summed E-state index contributed by atoms with van der Waals surface area (Å²) in [4.78, 5) is 4.09. The zero-order valence-corrected chi connectivity index (χ0v) is 12.2. The number of nitrogens with zero attached hydrogens (tertiary/aromatic N) is 2. The number of hydrogen-bond acceptors (Lipinski definition) is 4. The van der Waals surface area contributed by atoms with Crippen LogP contribution in [0, 0.1) is 6.92 Å². The highest BCUT2D eigenvalue weighted by Gasteiger charge is 2.27. The lowest BCUT2D eigenvalue weighted by atomic mass is 10.1. The molecule has 0 aliphatic rings. The molecule has 0 unspecified atom stereocenters. The summed E-state index contributed by atoms with van der Waals surface area (Å²) in [5, 5.41) is 0.0509. The predicted octanol–water partition coefficient (Wildman–Crippen LogP) is 0.617. The van der Waals surface area contributed by atoms with Crippen LogP contribution in [0.3, 0.4) is 0 Å². The summed E-state index contributed by atoms with van der Waals surface area (Å²) in [5.74, 6) is 0.697. The zero-order chi connectivity index (χ0) is 14.0. The van der Waals surface area contributed by atoms with Crippen molar-refractivity contribution in [2.24, 2.45) is 5.73 Å². The summed E-state index contributed by atoms with van der Waals surface area (Å²) in [7, 11) is -3.61. The number of nitrogens with one attached hydrogen (secondary N) is 1. The van der Waals surface area contributed by atoms with Crippen LogP contribution in [0.25, 0.3) is 0 Å². The van der Waals surface area contributed by atoms with E-state index in [2.05, 4.69) is 9.71 Å². The predicted molar refractivity (Wildman–Crippen MR) is 70.7 cm³/mol. The van der Waals surface area contributed by atoms with E-state index in [1.807, 2.05) is 11.5 Å². The molecule has 0 aliphatic heterocycles. The monoisotopic (exact) mass is 274 g/mol. The van der Waals surface area contributed by atoms with E-state index in [4.69, 9.17) is 5.73 Å². The van der Waals surface area contributed by atoms with Crippen LogP contribution < -0.4 is 10.5 Å². The van der Waals surface area contributed by atoms with E-state index in [0.717, 1.165) is 13.0 Å². The first kappa shape index (κ1) is 15.1. The van der Waals surface area contributed by atoms with Crippen molar-refractivity contribution >= 4 is 10.0 Å². The lowest BCUT2D eigenvalue weighted by Gasteiger charge is -2.22. The SMILES string of the molecule is CCCn1cc(S(=O)(=O)NC(C)(C)CN)nc1C. The summed E-state index contributed by atoms with van der Waals surface area (Å²) in [6.45, 7) is 8.28. The van der Waals surface area contributed by atoms with Gasteiger partial charge in [-0.15, -0.1) is 0 Å². The van der Waals surface area contributed by atoms with Crippen molar-refractivity contribution < 1.29 is 8.42 Å². The third-order valence-electron chi connectivity index (χ3n) is 2.61. The number of aryl methyl sites for hydroxylation is 2. The molecular weight excluding hydrogens is 252 g/mol. The normalized spacial score (nSPS) is 12.9. The number of imidazole rings is 1. The van der Waals surface area contributed by atoms with E-state index in [-0.39, 0.29) is 11.6 Å². The minimum Gasteiger partial charge on any atom is -0.334 e. The maximum Gasteiger partial charge on any atom is 0.260 e. The van der Waals surface area contributed by atoms with Gasteiger partial charge in [0.25, 0.3) is 10.0 Å². The van der Waals surface area contributed by atoms with Crippen LogP contribution in [0.2, 0.25) is 0 Å². The van der Waals surface area contributed by atoms with Crippen LogP contribution in [0.5, 0.6) is 0 Å². The molecule has 0 amide bonds. The molecule has 1 aromatic heterocycles. The van der Waals surface area contributed by atoms with E-state index in [0.29, 0.717) is 5.82 Å². The molecule has 0 radical (unpaired) electrons. The van der Waals surface area contributed by atoms with Gasteiger partial charge in [-0.1, -0.05) is 6.92 Å². The molecule has 3 N–H and O–H groups in total. The van der Waals surface area contributed by atoms with Gasteiger partial charge in [0.1, 0.15) is 5.82 Å². The van der Waals surface area contributed by atoms with Crippen LogP contribution in [-0.4, -0.2) is 30.1 Å². The van der Waals surface area contributed by atoms with Gasteiger partial charge in [0.2, 0.25) is 0 Å². The Morgan fingerprint density at radius 2 is 2.11 bits per heavy atom. The molecule has 1 rings (SSSR count). The first-order valence-electron chi connectivity index (χ1n) is 5.99. The van der Waals surface area contributed by atoms with Crippen molar-refractivity contribution in [2.45, 2.75) is 51.2 Å². The molecule has 0 bridgehead atoms. The van der Waals surface area contributed by atoms with Gasteiger partial charge in [0.15, 0.2) is 5.03 Å². The molecule has 0 aliphatic carbocycles. The van der Waals surface area contributed by atoms with E-state index in [9.17, 15) is 8.42 Å². The summed E-state index contributed by atoms with van der Waals surface area (Å²) < 4.78 is 28.7. The Balaban J connectivity index is 3.02. The highest BCUT2D eigenvalue weighted by atomic mass is 32.2. The second kappa shape index (κ2) is 5.38. The summed E-state index contributed by atoms with van der Waals surface area (Å²) in [6.07, 6.45) is 2.49. The van der Waals surface area contributed by atoms with Gasteiger partial charge in [0.05, 0.1) is 0 Å². The maximum atomic E-state index is 12.1. The lowest BCUT2D eigenvalue weighted by molar-refractivity contribution is 0.461. The third kappa shape index (κ3) is 3.54. The highest BCUT2D eigenvalue weighted by Crippen LogP contribution is 2.12. The Morgan fingerprint density at radius 1 is 1.50 bits per heavy atom. The fourth-order valence-electron chi connectivity index (χ4n) is 1.53. The topological polar surface area (TPSA) is 90.0 Å². The van der Waals surface area contributed by atoms with Crippen LogP contribution in [0.15, 0.2) is 11.2 Å². The fraction of sp³-hybridized carbons (Fsp3) is 0.727. The second-order valence-electron chi connectivity index (χ2n) is 5.01. The van der Waals surface area contributed by atoms with Crippen LogP contribution >= 0.6 is 0 Å². The summed E-state index contributed by atoms with van der Waals surface area (Å²) >= 11 is 0. The minimum absolute atomic E-state index is 0.0509. The molecule has 1 heterocycles. The minimum atomic E-state index is -3.61. The van der Waals surface area contributed by atoms with E-state index in [1.54, 1.807) is 27.0 Å². The molecule has 104 valence electrons. The first-order valence-corrected chi connectivity index (χ1v) is 7.48. The van der Waals surface area contributed by atoms with Gasteiger partial charge in [-0.2, -0.15) is 0 Å². The Hall–Kier alpha value is -0.920. The molecule has 0 saturated carbocycles. The van der Waals surface area contributed by atoms with Gasteiger partial charge in [-0.05, 0) is 27.2 Å². The zero-order valence-electron chi connectivity index (χ0n) is 11.4. The van der Waals surface area contributed by atoms with Gasteiger partial charge in [-0.25, -0.2) is 18.1 Å². The van der Waals surface area contributed by atoms with E-state index >= 15 is 0 Å². The average molecular weight is 274 g/mol. The smallest absolute Gasteiger partial charge is 0.260 e. The Bertz CT molecular complexity index is 505. The van der Waals surface area contributed by atoms with Crippen molar-refractivity contribution in [3.05, 3.63) is 12.0 Å². The first-order chi connectivity index (χ1) is 8.22. The molecule has 0 saturated heterocycles. The standard InChI is InChI=1S/C11H22N4O2S/c1-5-6-15-7-10(13-9(15)2)18(16,17)14-11(3,4)8-12/h7,14H,5-6,8,12H2,1-4H3. The Labute approximate surface area is 109 Å². The molecule has 18 heavy (non-hydrogen) atoms. The van der Waals surface area contributed by atoms with Crippen molar-refractivity contribution in [3.8, 4) is 0 Å². The number of rotatable bonds is 6. The van der Waals surface area contributed by atoms with E-state index < -0.39 is 15.6 Å². The highest BCUT2D eigenvalue weighted by molar-refractivity contribution is 7.89. The lowest BCUT2D eigenvalue weighted by Crippen LogP contribution is -2.48. The molecule has 0 spiro atoms. The van der Waals surface area contributed by atoms with Gasteiger partial charge in [0, 0.05) is 24.8 Å². The number of hydrogen-bond donors (Lipinski definition) is 2. The fourth-order valence-corrected chi connectivity index (χ4v) is 2.97. The van der Waals surface area contributed by atoms with Crippen LogP contribution in [0.1, 0.15) is 33.0 Å². The van der Waals surface area contributed by atoms with Gasteiger partial charge < -0.3 is 10.3 Å². The average Bonchev–Trinajstić information content (AvgIpc) is 2.61. The second-order valence-corrected chi connectivity index (χ2v) is 6.64. The summed E-state index contributed by atoms with van der Waals surface area (Å²) in [5.41, 5.74) is 4.84. The molecule has 6 nitrogen and oxygen atoms in total. The quantitative estimate of drug-likeness (QED) is 0.795. The third-order valence-corrected chi connectivity index (χ3v) is 4.18. The van der Waals surface area contributed by atoms with Crippen LogP contribution in [-0.2, 0) is 16.6 Å². The Morgan fingerprint density at radius 3 is 2.61 bits per heavy atom. The molecule has 0 aromatic carbocycles. The molecular formula is C11H22N4O2S. The molecule has 0 atom stereocenters. The van der Waals surface area contributed by atoms with Crippen molar-refractivity contribution in [1.29, 1.82) is 0 Å². The van der Waals surface area contributed by atoms with Gasteiger partial charge in [-0.3, -0.25) is 0 Å². The Kier molecular flexibility index (Phi) is 4.52. The van der Waals surface area contributed by atoms with Crippen LogP contribution in [0.4, 0.5) is 0 Å². The number of aromatic nitrogens is 2. The van der Waals surface area contributed by atoms with Crippen molar-refractivity contribution in [1.82, 2.24) is 14.3 Å². The molecule has 0 fully saturated rings. The number of sulfonamides is 1. The maximum absolute atomic E-state index is 12.1. The molecule has 1 aromatic rings.